The predicted octanol–water partition coefficient (Wildman–Crippen LogP) is 1.28. The second-order valence-electron chi connectivity index (χ2n) is 6.33. The zero-order valence-corrected chi connectivity index (χ0v) is 16.0. The van der Waals surface area contributed by atoms with Crippen LogP contribution in [-0.2, 0) is 28.6 Å². The molecule has 25 heavy (non-hydrogen) atoms. The maximum Gasteiger partial charge on any atom is 0.329 e. The topological polar surface area (TPSA) is 98.8 Å². The van der Waals surface area contributed by atoms with Crippen molar-refractivity contribution in [2.45, 2.75) is 48.2 Å². The minimum absolute atomic E-state index is 0.0743. The van der Waals surface area contributed by atoms with Crippen LogP contribution in [0.4, 0.5) is 0 Å². The van der Waals surface area contributed by atoms with Crippen LogP contribution < -0.4 is 5.32 Å². The van der Waals surface area contributed by atoms with Gasteiger partial charge in [0.25, 0.3) is 10.1 Å². The third kappa shape index (κ3) is 3.58. The molecule has 0 unspecified atom stereocenters. The van der Waals surface area contributed by atoms with Gasteiger partial charge >= 0.3 is 5.97 Å². The maximum absolute atomic E-state index is 12.5. The monoisotopic (exact) mass is 431 g/mol. The molecule has 7 nitrogen and oxygen atoms in total. The minimum Gasteiger partial charge on any atom is -0.459 e. The first kappa shape index (κ1) is 18.3. The van der Waals surface area contributed by atoms with E-state index in [1.165, 1.54) is 19.1 Å². The lowest BCUT2D eigenvalue weighted by molar-refractivity contribution is -0.144. The van der Waals surface area contributed by atoms with Crippen LogP contribution in [0.3, 0.4) is 0 Å². The Bertz CT molecular complexity index is 793. The zero-order chi connectivity index (χ0) is 18.4. The number of rotatable bonds is 4. The highest BCUT2D eigenvalue weighted by Gasteiger charge is 2.56. The number of carbonyl (C=O) groups is 2. The molecule has 2 fully saturated rings. The van der Waals surface area contributed by atoms with Crippen LogP contribution in [0.2, 0.25) is 0 Å². The molecule has 1 aliphatic carbocycles. The van der Waals surface area contributed by atoms with E-state index in [1.807, 2.05) is 6.92 Å². The molecular weight excluding hydrogens is 414 g/mol. The summed E-state index contributed by atoms with van der Waals surface area (Å²) < 4.78 is 35.6. The Morgan fingerprint density at radius 2 is 1.96 bits per heavy atom. The number of alkyl halides is 1. The van der Waals surface area contributed by atoms with Gasteiger partial charge in [-0.05, 0) is 25.5 Å². The van der Waals surface area contributed by atoms with Gasteiger partial charge in [0.1, 0.15) is 12.1 Å². The van der Waals surface area contributed by atoms with Crippen LogP contribution in [0, 0.1) is 12.8 Å². The van der Waals surface area contributed by atoms with Crippen molar-refractivity contribution in [2.75, 3.05) is 0 Å². The van der Waals surface area contributed by atoms with Crippen LogP contribution in [-0.4, -0.2) is 43.4 Å². The Morgan fingerprint density at radius 3 is 2.56 bits per heavy atom. The number of halogens is 1. The number of carbonyl (C=O) groups excluding carboxylic acids is 2. The number of esters is 1. The van der Waals surface area contributed by atoms with Crippen LogP contribution in [0.25, 0.3) is 0 Å². The molecule has 0 aromatic heterocycles. The lowest BCUT2D eigenvalue weighted by atomic mass is 9.99. The molecule has 0 bridgehead atoms. The Labute approximate surface area is 154 Å². The molecule has 136 valence electrons. The second-order valence-corrected chi connectivity index (χ2v) is 8.95. The van der Waals surface area contributed by atoms with E-state index in [0.29, 0.717) is 0 Å². The molecule has 1 saturated heterocycles. The Hall–Kier alpha value is -1.45. The lowest BCUT2D eigenvalue weighted by Crippen LogP contribution is -2.41. The van der Waals surface area contributed by atoms with Gasteiger partial charge in [0.05, 0.1) is 15.8 Å². The number of ether oxygens (including phenoxy) is 1. The summed E-state index contributed by atoms with van der Waals surface area (Å²) in [6.45, 7) is 3.18. The van der Waals surface area contributed by atoms with Gasteiger partial charge in [-0.2, -0.15) is 8.42 Å². The Kier molecular flexibility index (Phi) is 4.91. The first-order valence-electron chi connectivity index (χ1n) is 7.80. The van der Waals surface area contributed by atoms with Gasteiger partial charge in [-0.3, -0.25) is 8.98 Å². The quantitative estimate of drug-likeness (QED) is 0.437. The van der Waals surface area contributed by atoms with Crippen molar-refractivity contribution >= 4 is 37.9 Å². The van der Waals surface area contributed by atoms with Crippen LogP contribution >= 0.6 is 15.9 Å². The summed E-state index contributed by atoms with van der Waals surface area (Å²) in [6, 6.07) is 5.59. The molecule has 1 heterocycles. The highest BCUT2D eigenvalue weighted by atomic mass is 79.9. The Morgan fingerprint density at radius 1 is 1.32 bits per heavy atom. The molecule has 9 heteroatoms. The smallest absolute Gasteiger partial charge is 0.329 e. The summed E-state index contributed by atoms with van der Waals surface area (Å²) in [5.41, 5.74) is 0.942. The molecular formula is C16H18BrNO6S. The molecule has 0 spiro atoms. The second kappa shape index (κ2) is 6.69. The largest absolute Gasteiger partial charge is 0.459 e. The molecule has 1 amide bonds. The lowest BCUT2D eigenvalue weighted by Gasteiger charge is -2.18. The molecule has 1 aliphatic heterocycles. The van der Waals surface area contributed by atoms with Gasteiger partial charge in [0, 0.05) is 12.8 Å². The van der Waals surface area contributed by atoms with E-state index in [4.69, 9.17) is 8.92 Å². The summed E-state index contributed by atoms with van der Waals surface area (Å²) in [5.74, 6) is -1.18. The first-order chi connectivity index (χ1) is 11.7. The minimum atomic E-state index is -3.94. The molecule has 0 radical (unpaired) electrons. The summed E-state index contributed by atoms with van der Waals surface area (Å²) in [7, 11) is -3.94. The van der Waals surface area contributed by atoms with Crippen molar-refractivity contribution in [3.05, 3.63) is 29.8 Å². The van der Waals surface area contributed by atoms with Gasteiger partial charge in [0.15, 0.2) is 0 Å². The molecule has 5 atom stereocenters. The fourth-order valence-electron chi connectivity index (χ4n) is 3.24. The molecule has 1 aromatic carbocycles. The zero-order valence-electron chi connectivity index (χ0n) is 13.6. The SMILES string of the molecule is CC(=O)N[C@H]1C(=O)O[C@H]2[C@H](Br)[C@@H](OS(=O)(=O)c3ccc(C)cc3)C[C@H]21. The van der Waals surface area contributed by atoms with E-state index < -0.39 is 39.2 Å². The third-order valence-corrected chi connectivity index (χ3v) is 6.91. The van der Waals surface area contributed by atoms with E-state index in [1.54, 1.807) is 12.1 Å². The normalized spacial score (nSPS) is 31.5. The maximum atomic E-state index is 12.5. The van der Waals surface area contributed by atoms with Gasteiger partial charge in [0.2, 0.25) is 5.91 Å². The number of benzene rings is 1. The Balaban J connectivity index is 1.76. The van der Waals surface area contributed by atoms with Crippen LogP contribution in [0.15, 0.2) is 29.2 Å². The van der Waals surface area contributed by atoms with Crippen molar-refractivity contribution in [1.29, 1.82) is 0 Å². The van der Waals surface area contributed by atoms with E-state index in [-0.39, 0.29) is 23.1 Å². The summed E-state index contributed by atoms with van der Waals surface area (Å²) in [6.07, 6.45) is -0.948. The highest BCUT2D eigenvalue weighted by Crippen LogP contribution is 2.43. The van der Waals surface area contributed by atoms with Gasteiger partial charge < -0.3 is 10.1 Å². The fourth-order valence-corrected chi connectivity index (χ4v) is 5.31. The van der Waals surface area contributed by atoms with E-state index in [2.05, 4.69) is 21.2 Å². The summed E-state index contributed by atoms with van der Waals surface area (Å²) in [4.78, 5) is 22.8. The average molecular weight is 432 g/mol. The number of hydrogen-bond acceptors (Lipinski definition) is 6. The molecule has 1 aromatic rings. The standard InChI is InChI=1S/C16H18BrNO6S/c1-8-3-5-10(6-4-8)25(21,22)24-12-7-11-14(18-9(2)19)16(20)23-15(11)13(12)17/h3-6,11-15H,7H2,1-2H3,(H,18,19)/t11-,12-,13+,14+,15+/m0/s1. The van der Waals surface area contributed by atoms with Crippen LogP contribution in [0.1, 0.15) is 18.9 Å². The van der Waals surface area contributed by atoms with E-state index >= 15 is 0 Å². The number of amides is 1. The number of hydrogen-bond donors (Lipinski definition) is 1. The van der Waals surface area contributed by atoms with E-state index in [0.717, 1.165) is 5.56 Å². The van der Waals surface area contributed by atoms with Crippen molar-refractivity contribution in [3.63, 3.8) is 0 Å². The highest BCUT2D eigenvalue weighted by molar-refractivity contribution is 9.09. The number of aryl methyl sites for hydroxylation is 1. The molecule has 2 aliphatic rings. The van der Waals surface area contributed by atoms with Crippen molar-refractivity contribution < 1.29 is 26.9 Å². The van der Waals surface area contributed by atoms with E-state index in [9.17, 15) is 18.0 Å². The number of fused-ring (bicyclic) bond motifs is 1. The summed E-state index contributed by atoms with van der Waals surface area (Å²) >= 11 is 3.39. The van der Waals surface area contributed by atoms with Crippen LogP contribution in [0.5, 0.6) is 0 Å². The fraction of sp³-hybridized carbons (Fsp3) is 0.500. The molecule has 1 N–H and O–H groups in total. The number of nitrogens with one attached hydrogen (secondary N) is 1. The molecule has 3 rings (SSSR count). The van der Waals surface area contributed by atoms with Gasteiger partial charge in [-0.25, -0.2) is 4.79 Å². The predicted molar refractivity (Wildman–Crippen MR) is 91.5 cm³/mol. The van der Waals surface area contributed by atoms with Crippen molar-refractivity contribution in [2.24, 2.45) is 5.92 Å². The summed E-state index contributed by atoms with van der Waals surface area (Å²) in [5, 5.41) is 2.57. The van der Waals surface area contributed by atoms with Gasteiger partial charge in [-0.1, -0.05) is 33.6 Å². The average Bonchev–Trinajstić information content (AvgIpc) is 2.97. The van der Waals surface area contributed by atoms with Crippen molar-refractivity contribution in [1.82, 2.24) is 5.32 Å². The molecule has 1 saturated carbocycles. The third-order valence-electron chi connectivity index (χ3n) is 4.45. The van der Waals surface area contributed by atoms with Gasteiger partial charge in [-0.15, -0.1) is 0 Å². The van der Waals surface area contributed by atoms with Crippen molar-refractivity contribution in [3.8, 4) is 0 Å². The first-order valence-corrected chi connectivity index (χ1v) is 10.1.